The molecule has 0 radical (unpaired) electrons. The molecule has 130 valence electrons. The number of ether oxygens (including phenoxy) is 1. The van der Waals surface area contributed by atoms with Crippen LogP contribution >= 0.6 is 0 Å². The van der Waals surface area contributed by atoms with Crippen LogP contribution in [0.2, 0.25) is 0 Å². The lowest BCUT2D eigenvalue weighted by Crippen LogP contribution is -2.45. The van der Waals surface area contributed by atoms with E-state index in [0.717, 1.165) is 35.4 Å². The van der Waals surface area contributed by atoms with E-state index in [1.165, 1.54) is 5.57 Å². The molecule has 1 aliphatic heterocycles. The molecule has 3 rings (SSSR count). The summed E-state index contributed by atoms with van der Waals surface area (Å²) in [5, 5.41) is 14.8. The van der Waals surface area contributed by atoms with E-state index < -0.39 is 0 Å². The number of oxime groups is 1. The van der Waals surface area contributed by atoms with E-state index in [-0.39, 0.29) is 5.60 Å². The smallest absolute Gasteiger partial charge is 0.127 e. The molecule has 24 heavy (non-hydrogen) atoms. The molecule has 0 amide bonds. The highest BCUT2D eigenvalue weighted by atomic mass is 16.6. The summed E-state index contributed by atoms with van der Waals surface area (Å²) in [7, 11) is 0. The van der Waals surface area contributed by atoms with Crippen molar-refractivity contribution in [3.05, 3.63) is 34.9 Å². The lowest BCUT2D eigenvalue weighted by Gasteiger charge is -2.47. The number of phenols is 1. The number of nitrogens with zero attached hydrogens (tertiary/aromatic N) is 1. The summed E-state index contributed by atoms with van der Waals surface area (Å²) in [6.45, 7) is 10.8. The molecule has 0 aromatic heterocycles. The van der Waals surface area contributed by atoms with Crippen molar-refractivity contribution in [2.24, 2.45) is 11.1 Å². The summed E-state index contributed by atoms with van der Waals surface area (Å²) in [6.07, 6.45) is 4.28. The Kier molecular flexibility index (Phi) is 4.33. The number of benzene rings is 1. The summed E-state index contributed by atoms with van der Waals surface area (Å²) in [5.41, 5.74) is 3.64. The van der Waals surface area contributed by atoms with Gasteiger partial charge in [0.2, 0.25) is 0 Å². The van der Waals surface area contributed by atoms with Crippen LogP contribution in [-0.2, 0) is 4.84 Å². The first-order chi connectivity index (χ1) is 11.3. The molecule has 2 atom stereocenters. The van der Waals surface area contributed by atoms with Crippen molar-refractivity contribution in [1.82, 2.24) is 0 Å². The standard InChI is InChI=1S/C20H27NO3/c1-6-23-21-13(3)14-10-17(22)19-15-9-12(2)7-8-16(15)20(4,5)24-18(19)11-14/h7,10-11,15-16,22H,6,8-9H2,1-5H3/b21-13+/t15-,16-/m0/s1. The Bertz CT molecular complexity index is 703. The summed E-state index contributed by atoms with van der Waals surface area (Å²) in [6, 6.07) is 3.77. The van der Waals surface area contributed by atoms with Crippen LogP contribution in [-0.4, -0.2) is 23.0 Å². The number of aromatic hydroxyl groups is 1. The fourth-order valence-corrected chi connectivity index (χ4v) is 3.99. The predicted octanol–water partition coefficient (Wildman–Crippen LogP) is 4.76. The molecule has 0 spiro atoms. The van der Waals surface area contributed by atoms with Gasteiger partial charge in [-0.2, -0.15) is 0 Å². The molecule has 0 fully saturated rings. The largest absolute Gasteiger partial charge is 0.507 e. The van der Waals surface area contributed by atoms with Crippen LogP contribution in [0.3, 0.4) is 0 Å². The first kappa shape index (κ1) is 16.9. The third-order valence-corrected chi connectivity index (χ3v) is 5.25. The minimum atomic E-state index is -0.259. The fraction of sp³-hybridized carbons (Fsp3) is 0.550. The number of fused-ring (bicyclic) bond motifs is 3. The Balaban J connectivity index is 2.07. The first-order valence-electron chi connectivity index (χ1n) is 8.72. The molecule has 0 saturated carbocycles. The predicted molar refractivity (Wildman–Crippen MR) is 95.9 cm³/mol. The van der Waals surface area contributed by atoms with Crippen molar-refractivity contribution in [3.8, 4) is 11.5 Å². The lowest BCUT2D eigenvalue weighted by atomic mass is 9.67. The van der Waals surface area contributed by atoms with Crippen LogP contribution in [0.1, 0.15) is 64.5 Å². The molecule has 1 heterocycles. The molecule has 0 unspecified atom stereocenters. The number of hydrogen-bond acceptors (Lipinski definition) is 4. The molecule has 0 saturated heterocycles. The average molecular weight is 329 g/mol. The quantitative estimate of drug-likeness (QED) is 0.494. The summed E-state index contributed by atoms with van der Waals surface area (Å²) >= 11 is 0. The summed E-state index contributed by atoms with van der Waals surface area (Å²) < 4.78 is 6.32. The lowest BCUT2D eigenvalue weighted by molar-refractivity contribution is 0.00760. The van der Waals surface area contributed by atoms with Gasteiger partial charge in [0, 0.05) is 23.0 Å². The third kappa shape index (κ3) is 2.90. The zero-order chi connectivity index (χ0) is 17.5. The second-order valence-electron chi connectivity index (χ2n) is 7.41. The van der Waals surface area contributed by atoms with Crippen LogP contribution < -0.4 is 4.74 Å². The minimum absolute atomic E-state index is 0.259. The van der Waals surface area contributed by atoms with Gasteiger partial charge in [0.15, 0.2) is 0 Å². The van der Waals surface area contributed by atoms with Gasteiger partial charge in [-0.25, -0.2) is 0 Å². The molecular formula is C20H27NO3. The Hall–Kier alpha value is -1.97. The van der Waals surface area contributed by atoms with Gasteiger partial charge in [-0.3, -0.25) is 0 Å². The van der Waals surface area contributed by atoms with Crippen molar-refractivity contribution in [3.63, 3.8) is 0 Å². The minimum Gasteiger partial charge on any atom is -0.507 e. The average Bonchev–Trinajstić information content (AvgIpc) is 2.50. The topological polar surface area (TPSA) is 51.0 Å². The van der Waals surface area contributed by atoms with Gasteiger partial charge in [0.05, 0.1) is 5.71 Å². The van der Waals surface area contributed by atoms with Crippen molar-refractivity contribution < 1.29 is 14.7 Å². The third-order valence-electron chi connectivity index (χ3n) is 5.25. The van der Waals surface area contributed by atoms with Crippen molar-refractivity contribution >= 4 is 5.71 Å². The van der Waals surface area contributed by atoms with Crippen LogP contribution in [0.15, 0.2) is 28.9 Å². The van der Waals surface area contributed by atoms with Gasteiger partial charge in [-0.05, 0) is 59.6 Å². The monoisotopic (exact) mass is 329 g/mol. The Labute approximate surface area is 144 Å². The SMILES string of the molecule is CCO/N=C(\C)c1cc(O)c2c(c1)OC(C)(C)[C@H]1CC=C(C)C[C@H]21. The zero-order valence-corrected chi connectivity index (χ0v) is 15.2. The van der Waals surface area contributed by atoms with Crippen LogP contribution in [0.4, 0.5) is 0 Å². The van der Waals surface area contributed by atoms with E-state index in [1.54, 1.807) is 6.07 Å². The van der Waals surface area contributed by atoms with Crippen LogP contribution in [0.25, 0.3) is 0 Å². The number of allylic oxidation sites excluding steroid dienone is 2. The van der Waals surface area contributed by atoms with E-state index in [1.807, 2.05) is 19.9 Å². The van der Waals surface area contributed by atoms with Gasteiger partial charge in [-0.15, -0.1) is 0 Å². The maximum atomic E-state index is 10.7. The second-order valence-corrected chi connectivity index (χ2v) is 7.41. The molecule has 4 heteroatoms. The van der Waals surface area contributed by atoms with Gasteiger partial charge in [0.25, 0.3) is 0 Å². The molecule has 4 nitrogen and oxygen atoms in total. The molecule has 1 N–H and O–H groups in total. The maximum absolute atomic E-state index is 10.7. The van der Waals surface area contributed by atoms with Crippen molar-refractivity contribution in [2.75, 3.05) is 6.61 Å². The molecule has 0 bridgehead atoms. The Morgan fingerprint density at radius 2 is 2.17 bits per heavy atom. The second kappa shape index (κ2) is 6.15. The highest BCUT2D eigenvalue weighted by Crippen LogP contribution is 2.54. The highest BCUT2D eigenvalue weighted by Gasteiger charge is 2.45. The fourth-order valence-electron chi connectivity index (χ4n) is 3.99. The van der Waals surface area contributed by atoms with E-state index in [2.05, 4.69) is 32.0 Å². The van der Waals surface area contributed by atoms with Crippen LogP contribution in [0.5, 0.6) is 11.5 Å². The molecular weight excluding hydrogens is 302 g/mol. The van der Waals surface area contributed by atoms with E-state index in [0.29, 0.717) is 24.2 Å². The zero-order valence-electron chi connectivity index (χ0n) is 15.2. The van der Waals surface area contributed by atoms with Gasteiger partial charge in [-0.1, -0.05) is 16.8 Å². The van der Waals surface area contributed by atoms with Crippen molar-refractivity contribution in [2.45, 2.75) is 59.0 Å². The first-order valence-corrected chi connectivity index (χ1v) is 8.72. The summed E-state index contributed by atoms with van der Waals surface area (Å²) in [4.78, 5) is 5.13. The van der Waals surface area contributed by atoms with E-state index >= 15 is 0 Å². The number of hydrogen-bond donors (Lipinski definition) is 1. The molecule has 1 aromatic carbocycles. The van der Waals surface area contributed by atoms with Crippen molar-refractivity contribution in [1.29, 1.82) is 0 Å². The molecule has 2 aliphatic rings. The molecule has 1 aromatic rings. The molecule has 1 aliphatic carbocycles. The van der Waals surface area contributed by atoms with Gasteiger partial charge in [0.1, 0.15) is 23.7 Å². The van der Waals surface area contributed by atoms with Gasteiger partial charge < -0.3 is 14.7 Å². The highest BCUT2D eigenvalue weighted by molar-refractivity contribution is 5.99. The van der Waals surface area contributed by atoms with Gasteiger partial charge >= 0.3 is 0 Å². The Morgan fingerprint density at radius 1 is 1.42 bits per heavy atom. The van der Waals surface area contributed by atoms with Crippen LogP contribution in [0, 0.1) is 5.92 Å². The number of rotatable bonds is 3. The van der Waals surface area contributed by atoms with E-state index in [4.69, 9.17) is 9.57 Å². The normalized spacial score (nSPS) is 25.2. The van der Waals surface area contributed by atoms with E-state index in [9.17, 15) is 5.11 Å². The maximum Gasteiger partial charge on any atom is 0.127 e. The summed E-state index contributed by atoms with van der Waals surface area (Å²) in [5.74, 6) is 1.75. The number of phenolic OH excluding ortho intramolecular Hbond substituents is 1. The Morgan fingerprint density at radius 3 is 2.88 bits per heavy atom.